The molecule has 0 bridgehead atoms. The predicted octanol–water partition coefficient (Wildman–Crippen LogP) is 3.14. The maximum absolute atomic E-state index is 12.4. The van der Waals surface area contributed by atoms with Gasteiger partial charge in [0.25, 0.3) is 5.69 Å². The van der Waals surface area contributed by atoms with Crippen LogP contribution in [0.25, 0.3) is 0 Å². The van der Waals surface area contributed by atoms with Crippen molar-refractivity contribution in [2.75, 3.05) is 5.32 Å². The second-order valence-corrected chi connectivity index (χ2v) is 7.07. The summed E-state index contributed by atoms with van der Waals surface area (Å²) in [5.74, 6) is -1.85. The molecule has 0 aliphatic carbocycles. The van der Waals surface area contributed by atoms with Crippen LogP contribution in [0.2, 0.25) is 0 Å². The van der Waals surface area contributed by atoms with Crippen LogP contribution in [0.15, 0.2) is 66.7 Å². The molecule has 2 amide bonds. The zero-order valence-electron chi connectivity index (χ0n) is 15.0. The first-order chi connectivity index (χ1) is 13.9. The molecule has 0 saturated carbocycles. The minimum atomic E-state index is -0.893. The van der Waals surface area contributed by atoms with Gasteiger partial charge in [-0.05, 0) is 24.3 Å². The van der Waals surface area contributed by atoms with Crippen LogP contribution in [0, 0.1) is 10.1 Å². The van der Waals surface area contributed by atoms with Gasteiger partial charge in [-0.25, -0.2) is 0 Å². The van der Waals surface area contributed by atoms with Crippen LogP contribution in [0.1, 0.15) is 20.1 Å². The highest BCUT2D eigenvalue weighted by Gasteiger charge is 2.16. The van der Waals surface area contributed by atoms with Gasteiger partial charge in [-0.15, -0.1) is 11.3 Å². The molecular weight excluding hydrogens is 394 g/mol. The second kappa shape index (κ2) is 8.89. The smallest absolute Gasteiger partial charge is 0.313 e. The lowest BCUT2D eigenvalue weighted by Gasteiger charge is -2.05. The molecule has 0 saturated heterocycles. The van der Waals surface area contributed by atoms with Crippen molar-refractivity contribution in [1.29, 1.82) is 0 Å². The van der Waals surface area contributed by atoms with Crippen molar-refractivity contribution in [2.24, 2.45) is 0 Å². The van der Waals surface area contributed by atoms with Crippen molar-refractivity contribution in [3.63, 3.8) is 0 Å². The van der Waals surface area contributed by atoms with E-state index in [0.29, 0.717) is 10.4 Å². The quantitative estimate of drug-likeness (QED) is 0.281. The number of nitrogens with one attached hydrogen (secondary N) is 2. The highest BCUT2D eigenvalue weighted by molar-refractivity contribution is 7.14. The monoisotopic (exact) mass is 409 g/mol. The molecule has 3 aromatic rings. The summed E-state index contributed by atoms with van der Waals surface area (Å²) in [6.07, 6.45) is 0. The number of rotatable bonds is 6. The van der Waals surface area contributed by atoms with Crippen LogP contribution in [0.5, 0.6) is 0 Å². The third kappa shape index (κ3) is 5.11. The molecule has 3 rings (SSSR count). The summed E-state index contributed by atoms with van der Waals surface area (Å²) >= 11 is 1.24. The summed E-state index contributed by atoms with van der Waals surface area (Å²) < 4.78 is 0. The molecule has 2 N–H and O–H groups in total. The van der Waals surface area contributed by atoms with Crippen molar-refractivity contribution in [3.05, 3.63) is 92.2 Å². The fourth-order valence-electron chi connectivity index (χ4n) is 2.43. The Hall–Kier alpha value is -3.85. The first-order valence-electron chi connectivity index (χ1n) is 8.46. The van der Waals surface area contributed by atoms with E-state index in [2.05, 4.69) is 10.6 Å². The molecule has 0 unspecified atom stereocenters. The van der Waals surface area contributed by atoms with Crippen molar-refractivity contribution >= 4 is 40.3 Å². The van der Waals surface area contributed by atoms with Crippen LogP contribution in [0.4, 0.5) is 11.4 Å². The zero-order chi connectivity index (χ0) is 20.8. The number of amides is 2. The summed E-state index contributed by atoms with van der Waals surface area (Å²) in [6.45, 7) is 0.0965. The summed E-state index contributed by atoms with van der Waals surface area (Å²) in [6, 6.07) is 17.4. The number of non-ortho nitro benzene ring substituents is 1. The maximum Gasteiger partial charge on any atom is 0.313 e. The Morgan fingerprint density at radius 2 is 1.59 bits per heavy atom. The van der Waals surface area contributed by atoms with Gasteiger partial charge in [0.1, 0.15) is 0 Å². The van der Waals surface area contributed by atoms with Crippen molar-refractivity contribution in [1.82, 2.24) is 5.32 Å². The molecule has 0 atom stereocenters. The van der Waals surface area contributed by atoms with E-state index < -0.39 is 16.7 Å². The number of nitro groups is 1. The minimum Gasteiger partial charge on any atom is -0.343 e. The number of nitrogens with zero attached hydrogens (tertiary/aromatic N) is 1. The molecule has 0 spiro atoms. The van der Waals surface area contributed by atoms with Crippen LogP contribution in [0.3, 0.4) is 0 Å². The Kier molecular flexibility index (Phi) is 6.10. The molecule has 9 heteroatoms. The summed E-state index contributed by atoms with van der Waals surface area (Å²) in [5.41, 5.74) is 0.723. The lowest BCUT2D eigenvalue weighted by molar-refractivity contribution is -0.384. The first kappa shape index (κ1) is 19.9. The average Bonchev–Trinajstić information content (AvgIpc) is 3.21. The Morgan fingerprint density at radius 1 is 0.897 bits per heavy atom. The number of carbonyl (C=O) groups excluding carboxylic acids is 3. The summed E-state index contributed by atoms with van der Waals surface area (Å²) in [4.78, 5) is 47.6. The summed E-state index contributed by atoms with van der Waals surface area (Å²) in [5, 5.41) is 15.5. The summed E-state index contributed by atoms with van der Waals surface area (Å²) in [7, 11) is 0. The third-order valence-corrected chi connectivity index (χ3v) is 4.97. The molecule has 146 valence electrons. The van der Waals surface area contributed by atoms with Gasteiger partial charge < -0.3 is 10.6 Å². The van der Waals surface area contributed by atoms with E-state index in [0.717, 1.165) is 4.88 Å². The van der Waals surface area contributed by atoms with E-state index in [-0.39, 0.29) is 23.7 Å². The van der Waals surface area contributed by atoms with Gasteiger partial charge in [0.2, 0.25) is 5.78 Å². The molecule has 8 nitrogen and oxygen atoms in total. The second-order valence-electron chi connectivity index (χ2n) is 5.90. The lowest BCUT2D eigenvalue weighted by atomic mass is 10.1. The Morgan fingerprint density at radius 3 is 2.24 bits per heavy atom. The number of thiophene rings is 1. The van der Waals surface area contributed by atoms with Gasteiger partial charge in [0, 0.05) is 28.3 Å². The third-order valence-electron chi connectivity index (χ3n) is 3.89. The van der Waals surface area contributed by atoms with Crippen molar-refractivity contribution < 1.29 is 19.3 Å². The number of hydrogen-bond acceptors (Lipinski definition) is 6. The van der Waals surface area contributed by atoms with E-state index in [1.54, 1.807) is 36.4 Å². The van der Waals surface area contributed by atoms with Gasteiger partial charge in [0.15, 0.2) is 0 Å². The Labute approximate surface area is 169 Å². The molecule has 0 radical (unpaired) electrons. The molecule has 29 heavy (non-hydrogen) atoms. The average molecular weight is 409 g/mol. The normalized spacial score (nSPS) is 10.2. The molecule has 2 aromatic carbocycles. The number of benzene rings is 2. The molecule has 0 aliphatic rings. The highest BCUT2D eigenvalue weighted by atomic mass is 32.1. The van der Waals surface area contributed by atoms with Gasteiger partial charge >= 0.3 is 11.8 Å². The molecular formula is C20H15N3O5S. The van der Waals surface area contributed by atoms with Crippen molar-refractivity contribution in [2.45, 2.75) is 6.54 Å². The van der Waals surface area contributed by atoms with Crippen LogP contribution in [-0.4, -0.2) is 22.5 Å². The fourth-order valence-corrected chi connectivity index (χ4v) is 3.34. The molecule has 0 fully saturated rings. The fraction of sp³-hybridized carbons (Fsp3) is 0.0500. The standard InChI is InChI=1S/C20H15N3O5S/c24-18(13-4-2-1-3-5-13)17-11-10-16(29-17)12-21-19(25)20(26)22-14-6-8-15(9-7-14)23(27)28/h1-11H,12H2,(H,21,25)(H,22,26). The molecule has 1 heterocycles. The highest BCUT2D eigenvalue weighted by Crippen LogP contribution is 2.20. The first-order valence-corrected chi connectivity index (χ1v) is 9.28. The van der Waals surface area contributed by atoms with E-state index in [1.165, 1.54) is 35.6 Å². The minimum absolute atomic E-state index is 0.0965. The molecule has 1 aromatic heterocycles. The van der Waals surface area contributed by atoms with E-state index >= 15 is 0 Å². The number of nitro benzene ring substituents is 1. The number of anilines is 1. The van der Waals surface area contributed by atoms with E-state index in [4.69, 9.17) is 0 Å². The SMILES string of the molecule is O=C(NCc1ccc(C(=O)c2ccccc2)s1)C(=O)Nc1ccc([N+](=O)[O-])cc1. The van der Waals surface area contributed by atoms with Crippen LogP contribution >= 0.6 is 11.3 Å². The van der Waals surface area contributed by atoms with E-state index in [1.807, 2.05) is 6.07 Å². The van der Waals surface area contributed by atoms with Crippen molar-refractivity contribution in [3.8, 4) is 0 Å². The topological polar surface area (TPSA) is 118 Å². The van der Waals surface area contributed by atoms with Crippen LogP contribution < -0.4 is 10.6 Å². The number of ketones is 1. The predicted molar refractivity (Wildman–Crippen MR) is 108 cm³/mol. The Balaban J connectivity index is 1.54. The lowest BCUT2D eigenvalue weighted by Crippen LogP contribution is -2.34. The van der Waals surface area contributed by atoms with Crippen LogP contribution in [-0.2, 0) is 16.1 Å². The zero-order valence-corrected chi connectivity index (χ0v) is 15.8. The Bertz CT molecular complexity index is 1060. The van der Waals surface area contributed by atoms with Gasteiger partial charge in [0.05, 0.1) is 16.3 Å². The largest absolute Gasteiger partial charge is 0.343 e. The van der Waals surface area contributed by atoms with Gasteiger partial charge in [-0.2, -0.15) is 0 Å². The maximum atomic E-state index is 12.4. The number of hydrogen-bond donors (Lipinski definition) is 2. The van der Waals surface area contributed by atoms with Gasteiger partial charge in [-0.3, -0.25) is 24.5 Å². The van der Waals surface area contributed by atoms with E-state index in [9.17, 15) is 24.5 Å². The number of carbonyl (C=O) groups is 3. The van der Waals surface area contributed by atoms with Gasteiger partial charge in [-0.1, -0.05) is 30.3 Å². The molecule has 0 aliphatic heterocycles.